The SMILES string of the molecule is CCC(C)(C)C(=O)OC(CC(C)(O)OC(C)C(F)(F)F)C(F)F. The zero-order chi connectivity index (χ0) is 18.6. The predicted octanol–water partition coefficient (Wildman–Crippen LogP) is 3.67. The molecular formula is C14H23F5O4. The van der Waals surface area contributed by atoms with Gasteiger partial charge in [0.05, 0.1) is 5.41 Å². The molecule has 0 saturated heterocycles. The van der Waals surface area contributed by atoms with E-state index < -0.39 is 48.4 Å². The van der Waals surface area contributed by atoms with Gasteiger partial charge in [0, 0.05) is 6.42 Å². The lowest BCUT2D eigenvalue weighted by atomic mass is 9.90. The minimum atomic E-state index is -4.76. The molecule has 3 atom stereocenters. The minimum Gasteiger partial charge on any atom is -0.456 e. The van der Waals surface area contributed by atoms with Crippen LogP contribution in [0.3, 0.4) is 0 Å². The van der Waals surface area contributed by atoms with Gasteiger partial charge >= 0.3 is 12.1 Å². The van der Waals surface area contributed by atoms with Crippen LogP contribution in [0.15, 0.2) is 0 Å². The van der Waals surface area contributed by atoms with Gasteiger partial charge in [-0.15, -0.1) is 0 Å². The number of halogens is 5. The summed E-state index contributed by atoms with van der Waals surface area (Å²) in [6.45, 7) is 6.07. The molecule has 0 spiro atoms. The second-order valence-corrected chi connectivity index (χ2v) is 6.20. The van der Waals surface area contributed by atoms with E-state index in [0.717, 1.165) is 6.92 Å². The van der Waals surface area contributed by atoms with Crippen molar-refractivity contribution in [1.82, 2.24) is 0 Å². The molecule has 0 aromatic rings. The summed E-state index contributed by atoms with van der Waals surface area (Å²) in [6, 6.07) is 0. The van der Waals surface area contributed by atoms with E-state index in [1.54, 1.807) is 6.92 Å². The number of hydrogen-bond donors (Lipinski definition) is 1. The number of aliphatic hydroxyl groups is 1. The summed E-state index contributed by atoms with van der Waals surface area (Å²) in [6.07, 6.45) is -13.0. The molecule has 138 valence electrons. The molecule has 0 fully saturated rings. The standard InChI is InChI=1S/C14H23F5O4/c1-6-12(3,4)11(20)22-9(10(15)16)7-13(5,21)23-8(2)14(17,18)19/h8-10,21H,6-7H2,1-5H3. The highest BCUT2D eigenvalue weighted by Gasteiger charge is 2.44. The summed E-state index contributed by atoms with van der Waals surface area (Å²) in [4.78, 5) is 11.8. The van der Waals surface area contributed by atoms with Gasteiger partial charge in [0.2, 0.25) is 0 Å². The molecule has 0 aliphatic heterocycles. The Labute approximate surface area is 131 Å². The number of alkyl halides is 5. The number of hydrogen-bond acceptors (Lipinski definition) is 4. The summed E-state index contributed by atoms with van der Waals surface area (Å²) in [5.74, 6) is -3.46. The molecule has 0 bridgehead atoms. The zero-order valence-corrected chi connectivity index (χ0v) is 13.7. The van der Waals surface area contributed by atoms with Crippen molar-refractivity contribution in [1.29, 1.82) is 0 Å². The maximum atomic E-state index is 13.0. The Morgan fingerprint density at radius 1 is 1.17 bits per heavy atom. The first-order chi connectivity index (χ1) is 10.1. The van der Waals surface area contributed by atoms with Crippen molar-refractivity contribution in [3.05, 3.63) is 0 Å². The van der Waals surface area contributed by atoms with Crippen molar-refractivity contribution in [2.75, 3.05) is 0 Å². The molecule has 0 saturated carbocycles. The Kier molecular flexibility index (Phi) is 7.42. The third-order valence-electron chi connectivity index (χ3n) is 3.45. The average Bonchev–Trinajstić information content (AvgIpc) is 2.35. The van der Waals surface area contributed by atoms with E-state index >= 15 is 0 Å². The third kappa shape index (κ3) is 7.43. The predicted molar refractivity (Wildman–Crippen MR) is 71.8 cm³/mol. The molecule has 0 heterocycles. The molecule has 1 N–H and O–H groups in total. The van der Waals surface area contributed by atoms with Gasteiger partial charge in [-0.2, -0.15) is 13.2 Å². The normalized spacial score (nSPS) is 18.4. The molecule has 9 heteroatoms. The quantitative estimate of drug-likeness (QED) is 0.412. The van der Waals surface area contributed by atoms with Crippen LogP contribution in [0.2, 0.25) is 0 Å². The van der Waals surface area contributed by atoms with Gasteiger partial charge in [-0.1, -0.05) is 6.92 Å². The minimum absolute atomic E-state index is 0.319. The first kappa shape index (κ1) is 22.0. The largest absolute Gasteiger partial charge is 0.456 e. The number of rotatable bonds is 8. The van der Waals surface area contributed by atoms with Crippen LogP contribution in [0.1, 0.15) is 47.5 Å². The van der Waals surface area contributed by atoms with Crippen molar-refractivity contribution >= 4 is 5.97 Å². The van der Waals surface area contributed by atoms with Crippen LogP contribution >= 0.6 is 0 Å². The van der Waals surface area contributed by atoms with Crippen LogP contribution in [0.25, 0.3) is 0 Å². The maximum Gasteiger partial charge on any atom is 0.414 e. The Bertz CT molecular complexity index is 393. The van der Waals surface area contributed by atoms with Crippen LogP contribution in [-0.4, -0.2) is 41.7 Å². The number of esters is 1. The first-order valence-electron chi connectivity index (χ1n) is 7.08. The van der Waals surface area contributed by atoms with E-state index in [1.807, 2.05) is 0 Å². The van der Waals surface area contributed by atoms with E-state index in [0.29, 0.717) is 13.3 Å². The lowest BCUT2D eigenvalue weighted by Crippen LogP contribution is -2.44. The Morgan fingerprint density at radius 2 is 1.65 bits per heavy atom. The second kappa shape index (κ2) is 7.74. The summed E-state index contributed by atoms with van der Waals surface area (Å²) in [5.41, 5.74) is -1.03. The molecule has 0 aliphatic rings. The molecule has 0 rings (SSSR count). The average molecular weight is 350 g/mol. The van der Waals surface area contributed by atoms with Gasteiger partial charge in [-0.25, -0.2) is 8.78 Å². The van der Waals surface area contributed by atoms with Gasteiger partial charge in [0.1, 0.15) is 0 Å². The van der Waals surface area contributed by atoms with E-state index in [-0.39, 0.29) is 0 Å². The lowest BCUT2D eigenvalue weighted by Gasteiger charge is -2.32. The lowest BCUT2D eigenvalue weighted by molar-refractivity contribution is -0.303. The molecule has 4 nitrogen and oxygen atoms in total. The molecule has 3 unspecified atom stereocenters. The summed E-state index contributed by atoms with van der Waals surface area (Å²) >= 11 is 0. The second-order valence-electron chi connectivity index (χ2n) is 6.20. The van der Waals surface area contributed by atoms with Gasteiger partial charge in [-0.3, -0.25) is 4.79 Å². The summed E-state index contributed by atoms with van der Waals surface area (Å²) in [7, 11) is 0. The van der Waals surface area contributed by atoms with Crippen LogP contribution in [0.5, 0.6) is 0 Å². The zero-order valence-electron chi connectivity index (χ0n) is 13.7. The van der Waals surface area contributed by atoms with Crippen molar-refractivity contribution in [3.63, 3.8) is 0 Å². The molecule has 0 aromatic heterocycles. The Hall–Kier alpha value is -0.960. The van der Waals surface area contributed by atoms with Gasteiger partial charge in [0.25, 0.3) is 6.43 Å². The highest BCUT2D eigenvalue weighted by atomic mass is 19.4. The van der Waals surface area contributed by atoms with Crippen molar-refractivity contribution < 1.29 is 41.3 Å². The highest BCUT2D eigenvalue weighted by Crippen LogP contribution is 2.30. The van der Waals surface area contributed by atoms with E-state index in [1.165, 1.54) is 13.8 Å². The fourth-order valence-electron chi connectivity index (χ4n) is 1.49. The monoisotopic (exact) mass is 350 g/mol. The molecule has 0 radical (unpaired) electrons. The van der Waals surface area contributed by atoms with Crippen LogP contribution < -0.4 is 0 Å². The topological polar surface area (TPSA) is 55.8 Å². The Morgan fingerprint density at radius 3 is 2.00 bits per heavy atom. The molecule has 0 amide bonds. The van der Waals surface area contributed by atoms with Crippen molar-refractivity contribution in [3.8, 4) is 0 Å². The fraction of sp³-hybridized carbons (Fsp3) is 0.929. The van der Waals surface area contributed by atoms with Gasteiger partial charge in [-0.05, 0) is 34.1 Å². The molecular weight excluding hydrogens is 327 g/mol. The van der Waals surface area contributed by atoms with E-state index in [2.05, 4.69) is 9.47 Å². The van der Waals surface area contributed by atoms with E-state index in [9.17, 15) is 31.9 Å². The summed E-state index contributed by atoms with van der Waals surface area (Å²) in [5, 5.41) is 9.79. The smallest absolute Gasteiger partial charge is 0.414 e. The van der Waals surface area contributed by atoms with Gasteiger partial charge < -0.3 is 14.6 Å². The maximum absolute atomic E-state index is 13.0. The van der Waals surface area contributed by atoms with Crippen LogP contribution in [0.4, 0.5) is 22.0 Å². The Balaban J connectivity index is 4.97. The van der Waals surface area contributed by atoms with Crippen LogP contribution in [0, 0.1) is 5.41 Å². The van der Waals surface area contributed by atoms with Crippen molar-refractivity contribution in [2.24, 2.45) is 5.41 Å². The molecule has 23 heavy (non-hydrogen) atoms. The molecule has 0 aliphatic carbocycles. The van der Waals surface area contributed by atoms with Crippen molar-refractivity contribution in [2.45, 2.75) is 78.1 Å². The third-order valence-corrected chi connectivity index (χ3v) is 3.45. The molecule has 0 aromatic carbocycles. The van der Waals surface area contributed by atoms with E-state index in [4.69, 9.17) is 0 Å². The first-order valence-corrected chi connectivity index (χ1v) is 7.08. The highest BCUT2D eigenvalue weighted by molar-refractivity contribution is 5.76. The number of carbonyl (C=O) groups is 1. The number of carbonyl (C=O) groups excluding carboxylic acids is 1. The fourth-order valence-corrected chi connectivity index (χ4v) is 1.49. The summed E-state index contributed by atoms with van der Waals surface area (Å²) < 4.78 is 72.3. The number of ether oxygens (including phenoxy) is 2. The van der Waals surface area contributed by atoms with Crippen LogP contribution in [-0.2, 0) is 14.3 Å². The van der Waals surface area contributed by atoms with Gasteiger partial charge in [0.15, 0.2) is 18.0 Å².